The van der Waals surface area contributed by atoms with E-state index in [1.165, 1.54) is 24.5 Å². The fourth-order valence-electron chi connectivity index (χ4n) is 3.83. The van der Waals surface area contributed by atoms with Crippen molar-refractivity contribution in [1.29, 1.82) is 0 Å². The summed E-state index contributed by atoms with van der Waals surface area (Å²) in [6.45, 7) is 3.54. The van der Waals surface area contributed by atoms with Crippen molar-refractivity contribution in [3.05, 3.63) is 111 Å². The lowest BCUT2D eigenvalue weighted by atomic mass is 10.1. The molecule has 37 heavy (non-hydrogen) atoms. The molecule has 186 valence electrons. The summed E-state index contributed by atoms with van der Waals surface area (Å²) in [5.74, 6) is 0.105. The van der Waals surface area contributed by atoms with Gasteiger partial charge in [0.1, 0.15) is 35.5 Å². The van der Waals surface area contributed by atoms with Crippen LogP contribution in [0.15, 0.2) is 97.5 Å². The average molecular weight is 498 g/mol. The lowest BCUT2D eigenvalue weighted by molar-refractivity contribution is -0.152. The number of rotatable bonds is 7. The Balaban J connectivity index is 1.31. The second-order valence-electron chi connectivity index (χ2n) is 8.45. The van der Waals surface area contributed by atoms with E-state index in [2.05, 4.69) is 0 Å². The molecule has 0 N–H and O–H groups in total. The van der Waals surface area contributed by atoms with E-state index >= 15 is 0 Å². The molecule has 1 unspecified atom stereocenters. The van der Waals surface area contributed by atoms with E-state index in [-0.39, 0.29) is 23.3 Å². The summed E-state index contributed by atoms with van der Waals surface area (Å²) >= 11 is 0. The van der Waals surface area contributed by atoms with Gasteiger partial charge in [-0.2, -0.15) is 0 Å². The molecule has 0 bridgehead atoms. The number of carbonyl (C=O) groups is 1. The van der Waals surface area contributed by atoms with Gasteiger partial charge in [-0.25, -0.2) is 9.59 Å². The topological polar surface area (TPSA) is 105 Å². The van der Waals surface area contributed by atoms with Crippen LogP contribution in [0.1, 0.15) is 18.1 Å². The number of fused-ring (bicyclic) bond motifs is 2. The van der Waals surface area contributed by atoms with E-state index in [4.69, 9.17) is 23.0 Å². The molecule has 2 aromatic heterocycles. The molecule has 0 amide bonds. The standard InChI is InChI=1S/C29H22O8/c1-17-12-27(30)37-25-14-21(8-10-22(17)25)36-26-16-33-24-13-20(9-11-23(24)28(26)31)35-18(2)29(32)34-15-19-6-4-3-5-7-19/h3-14,16,18H,15H2,1-2H3. The van der Waals surface area contributed by atoms with Gasteiger partial charge < -0.3 is 23.0 Å². The molecule has 5 rings (SSSR count). The van der Waals surface area contributed by atoms with Crippen LogP contribution in [0.25, 0.3) is 21.9 Å². The maximum Gasteiger partial charge on any atom is 0.347 e. The summed E-state index contributed by atoms with van der Waals surface area (Å²) in [7, 11) is 0. The lowest BCUT2D eigenvalue weighted by Gasteiger charge is -2.14. The molecule has 0 spiro atoms. The van der Waals surface area contributed by atoms with E-state index in [1.807, 2.05) is 37.3 Å². The van der Waals surface area contributed by atoms with Crippen LogP contribution in [0.2, 0.25) is 0 Å². The number of aryl methyl sites for hydroxylation is 1. The van der Waals surface area contributed by atoms with Gasteiger partial charge in [-0.3, -0.25) is 4.79 Å². The van der Waals surface area contributed by atoms with Crippen molar-refractivity contribution in [3.8, 4) is 17.2 Å². The summed E-state index contributed by atoms with van der Waals surface area (Å²) in [6, 6.07) is 20.3. The minimum Gasteiger partial charge on any atom is -0.479 e. The zero-order valence-electron chi connectivity index (χ0n) is 20.1. The number of hydrogen-bond acceptors (Lipinski definition) is 8. The fourth-order valence-corrected chi connectivity index (χ4v) is 3.83. The van der Waals surface area contributed by atoms with Gasteiger partial charge in [0.05, 0.1) is 5.39 Å². The Kier molecular flexibility index (Phi) is 6.47. The highest BCUT2D eigenvalue weighted by Crippen LogP contribution is 2.27. The van der Waals surface area contributed by atoms with Gasteiger partial charge in [-0.15, -0.1) is 0 Å². The molecule has 0 fully saturated rings. The Hall–Kier alpha value is -4.85. The number of benzene rings is 3. The quantitative estimate of drug-likeness (QED) is 0.214. The third-order valence-corrected chi connectivity index (χ3v) is 5.73. The predicted molar refractivity (Wildman–Crippen MR) is 136 cm³/mol. The monoisotopic (exact) mass is 498 g/mol. The molecular weight excluding hydrogens is 476 g/mol. The lowest BCUT2D eigenvalue weighted by Crippen LogP contribution is -2.26. The SMILES string of the molecule is Cc1cc(=O)oc2cc(Oc3coc4cc(OC(C)C(=O)OCc5ccccc5)ccc4c3=O)ccc12. The van der Waals surface area contributed by atoms with Gasteiger partial charge in [0, 0.05) is 23.6 Å². The second-order valence-corrected chi connectivity index (χ2v) is 8.45. The highest BCUT2D eigenvalue weighted by atomic mass is 16.6. The number of hydrogen-bond donors (Lipinski definition) is 0. The zero-order chi connectivity index (χ0) is 25.9. The third-order valence-electron chi connectivity index (χ3n) is 5.73. The number of ether oxygens (including phenoxy) is 3. The summed E-state index contributed by atoms with van der Waals surface area (Å²) in [4.78, 5) is 37.0. The van der Waals surface area contributed by atoms with E-state index < -0.39 is 23.1 Å². The Morgan fingerprint density at radius 1 is 0.892 bits per heavy atom. The van der Waals surface area contributed by atoms with Gasteiger partial charge in [-0.1, -0.05) is 30.3 Å². The normalized spacial score (nSPS) is 11.8. The van der Waals surface area contributed by atoms with Gasteiger partial charge in [0.15, 0.2) is 6.10 Å². The second kappa shape index (κ2) is 10.0. The van der Waals surface area contributed by atoms with Crippen LogP contribution >= 0.6 is 0 Å². The van der Waals surface area contributed by atoms with E-state index in [1.54, 1.807) is 31.2 Å². The Morgan fingerprint density at radius 2 is 1.62 bits per heavy atom. The van der Waals surface area contributed by atoms with Crippen molar-refractivity contribution >= 4 is 27.9 Å². The van der Waals surface area contributed by atoms with E-state index in [0.29, 0.717) is 17.1 Å². The highest BCUT2D eigenvalue weighted by molar-refractivity contribution is 5.82. The van der Waals surface area contributed by atoms with Crippen LogP contribution in [-0.2, 0) is 16.1 Å². The van der Waals surface area contributed by atoms with Crippen LogP contribution in [0, 0.1) is 6.92 Å². The van der Waals surface area contributed by atoms with Crippen LogP contribution in [0.4, 0.5) is 0 Å². The largest absolute Gasteiger partial charge is 0.479 e. The van der Waals surface area contributed by atoms with Crippen molar-refractivity contribution in [2.24, 2.45) is 0 Å². The Bertz CT molecular complexity index is 1720. The molecule has 1 atom stereocenters. The summed E-state index contributed by atoms with van der Waals surface area (Å²) < 4.78 is 27.6. The number of carbonyl (C=O) groups excluding carboxylic acids is 1. The first kappa shape index (κ1) is 23.9. The van der Waals surface area contributed by atoms with Gasteiger partial charge >= 0.3 is 11.6 Å². The fraction of sp³-hybridized carbons (Fsp3) is 0.138. The minimum atomic E-state index is -0.868. The maximum atomic E-state index is 13.0. The first-order chi connectivity index (χ1) is 17.9. The van der Waals surface area contributed by atoms with Gasteiger partial charge in [0.2, 0.25) is 11.2 Å². The maximum absolute atomic E-state index is 13.0. The molecule has 0 aliphatic rings. The number of esters is 1. The molecule has 0 aliphatic carbocycles. The smallest absolute Gasteiger partial charge is 0.347 e. The Morgan fingerprint density at radius 3 is 2.43 bits per heavy atom. The van der Waals surface area contributed by atoms with Crippen molar-refractivity contribution in [2.45, 2.75) is 26.6 Å². The molecule has 0 aliphatic heterocycles. The van der Waals surface area contributed by atoms with Gasteiger partial charge in [-0.05, 0) is 49.2 Å². The third kappa shape index (κ3) is 5.23. The Labute approximate surface area is 210 Å². The van der Waals surface area contributed by atoms with Crippen LogP contribution in [-0.4, -0.2) is 12.1 Å². The molecular formula is C29H22O8. The van der Waals surface area contributed by atoms with Crippen molar-refractivity contribution in [3.63, 3.8) is 0 Å². The molecule has 5 aromatic rings. The van der Waals surface area contributed by atoms with Crippen molar-refractivity contribution in [2.75, 3.05) is 0 Å². The zero-order valence-corrected chi connectivity index (χ0v) is 20.1. The van der Waals surface area contributed by atoms with Crippen molar-refractivity contribution < 1.29 is 27.8 Å². The highest BCUT2D eigenvalue weighted by Gasteiger charge is 2.18. The summed E-state index contributed by atoms with van der Waals surface area (Å²) in [5, 5.41) is 1.04. The molecule has 8 nitrogen and oxygen atoms in total. The van der Waals surface area contributed by atoms with Crippen molar-refractivity contribution in [1.82, 2.24) is 0 Å². The first-order valence-corrected chi connectivity index (χ1v) is 11.5. The van der Waals surface area contributed by atoms with E-state index in [0.717, 1.165) is 16.5 Å². The first-order valence-electron chi connectivity index (χ1n) is 11.5. The average Bonchev–Trinajstić information content (AvgIpc) is 2.89. The van der Waals surface area contributed by atoms with E-state index in [9.17, 15) is 14.4 Å². The van der Waals surface area contributed by atoms with Crippen LogP contribution in [0.5, 0.6) is 17.2 Å². The van der Waals surface area contributed by atoms with Crippen LogP contribution < -0.4 is 20.5 Å². The molecule has 8 heteroatoms. The molecule has 0 radical (unpaired) electrons. The summed E-state index contributed by atoms with van der Waals surface area (Å²) in [5.41, 5.74) is 1.40. The molecule has 2 heterocycles. The van der Waals surface area contributed by atoms with Gasteiger partial charge in [0.25, 0.3) is 0 Å². The minimum absolute atomic E-state index is 0.0339. The molecule has 0 saturated heterocycles. The summed E-state index contributed by atoms with van der Waals surface area (Å²) in [6.07, 6.45) is 0.329. The molecule has 0 saturated carbocycles. The van der Waals surface area contributed by atoms with Crippen LogP contribution in [0.3, 0.4) is 0 Å². The predicted octanol–water partition coefficient (Wildman–Crippen LogP) is 5.51. The molecule has 3 aromatic carbocycles.